The number of nitrogens with one attached hydrogen (secondary N) is 1. The highest BCUT2D eigenvalue weighted by Gasteiger charge is 2.23. The molecular weight excluding hydrogens is 478 g/mol. The minimum atomic E-state index is -3.66. The van der Waals surface area contributed by atoms with Gasteiger partial charge in [0, 0.05) is 45.0 Å². The van der Waals surface area contributed by atoms with Crippen molar-refractivity contribution in [3.05, 3.63) is 53.6 Å². The number of carbonyl (C=O) groups is 1. The largest absolute Gasteiger partial charge is 0.426 e. The predicted octanol–water partition coefficient (Wildman–Crippen LogP) is 3.30. The van der Waals surface area contributed by atoms with Gasteiger partial charge in [-0.1, -0.05) is 19.1 Å². The van der Waals surface area contributed by atoms with Gasteiger partial charge < -0.3 is 14.4 Å². The van der Waals surface area contributed by atoms with E-state index >= 15 is 0 Å². The molecule has 2 aliphatic rings. The zero-order chi connectivity index (χ0) is 25.5. The predicted molar refractivity (Wildman–Crippen MR) is 140 cm³/mol. The lowest BCUT2D eigenvalue weighted by atomic mass is 9.96. The number of hydrogen-bond acceptors (Lipinski definition) is 7. The zero-order valence-corrected chi connectivity index (χ0v) is 22.1. The molecule has 1 unspecified atom stereocenters. The van der Waals surface area contributed by atoms with Crippen molar-refractivity contribution in [1.82, 2.24) is 9.62 Å². The van der Waals surface area contributed by atoms with Crippen molar-refractivity contribution in [3.63, 3.8) is 0 Å². The second-order valence-corrected chi connectivity index (χ2v) is 11.2. The number of nitrogens with zero attached hydrogens (tertiary/aromatic N) is 2. The van der Waals surface area contributed by atoms with E-state index < -0.39 is 10.0 Å². The molecule has 8 nitrogen and oxygen atoms in total. The fraction of sp³-hybridized carbons (Fsp3) is 0.519. The standard InChI is InChI=1S/C27H37N3O5S/c1-3-25(22-6-8-23(9-7-22)30-13-4-5-14-30)27(31)35-26-11-10-24(20-21(26)2)36(32,33)28-12-15-29-16-18-34-19-17-29/h6-11,20,25,28H,3-5,12-19H2,1-2H3. The molecule has 1 N–H and O–H groups in total. The minimum absolute atomic E-state index is 0.159. The first-order valence-corrected chi connectivity index (χ1v) is 14.3. The Balaban J connectivity index is 1.36. The second-order valence-electron chi connectivity index (χ2n) is 9.45. The van der Waals surface area contributed by atoms with E-state index in [1.807, 2.05) is 19.1 Å². The summed E-state index contributed by atoms with van der Waals surface area (Å²) in [5.41, 5.74) is 2.70. The summed E-state index contributed by atoms with van der Waals surface area (Å²) in [5, 5.41) is 0. The molecule has 36 heavy (non-hydrogen) atoms. The summed E-state index contributed by atoms with van der Waals surface area (Å²) in [7, 11) is -3.66. The summed E-state index contributed by atoms with van der Waals surface area (Å²) in [4.78, 5) is 17.7. The van der Waals surface area contributed by atoms with E-state index in [0.29, 0.717) is 44.0 Å². The molecule has 0 saturated carbocycles. The fourth-order valence-corrected chi connectivity index (χ4v) is 5.87. The maximum atomic E-state index is 13.0. The molecule has 2 aliphatic heterocycles. The first-order valence-electron chi connectivity index (χ1n) is 12.8. The Morgan fingerprint density at radius 1 is 1.06 bits per heavy atom. The maximum Gasteiger partial charge on any atom is 0.318 e. The van der Waals surface area contributed by atoms with Gasteiger partial charge in [-0.3, -0.25) is 9.69 Å². The molecule has 1 atom stereocenters. The van der Waals surface area contributed by atoms with Crippen LogP contribution in [0, 0.1) is 6.92 Å². The Kier molecular flexibility index (Phi) is 9.00. The van der Waals surface area contributed by atoms with E-state index in [4.69, 9.17) is 9.47 Å². The van der Waals surface area contributed by atoms with Crippen LogP contribution in [0.5, 0.6) is 5.75 Å². The molecule has 2 aromatic rings. The summed E-state index contributed by atoms with van der Waals surface area (Å²) in [5.74, 6) is -0.351. The molecule has 2 heterocycles. The number of sulfonamides is 1. The van der Waals surface area contributed by atoms with E-state index in [1.165, 1.54) is 24.6 Å². The molecule has 0 amide bonds. The Hall–Kier alpha value is -2.46. The van der Waals surface area contributed by atoms with Crippen LogP contribution in [0.1, 0.15) is 43.2 Å². The Morgan fingerprint density at radius 3 is 2.39 bits per heavy atom. The molecule has 9 heteroatoms. The quantitative estimate of drug-likeness (QED) is 0.384. The number of hydrogen-bond donors (Lipinski definition) is 1. The molecule has 0 aromatic heterocycles. The van der Waals surface area contributed by atoms with Gasteiger partial charge in [0.15, 0.2) is 0 Å². The molecule has 2 saturated heterocycles. The van der Waals surface area contributed by atoms with E-state index in [-0.39, 0.29) is 16.8 Å². The summed E-state index contributed by atoms with van der Waals surface area (Å²) < 4.78 is 39.2. The van der Waals surface area contributed by atoms with Crippen molar-refractivity contribution >= 4 is 21.7 Å². The molecule has 2 aromatic carbocycles. The number of benzene rings is 2. The van der Waals surface area contributed by atoms with Crippen LogP contribution in [0.25, 0.3) is 0 Å². The van der Waals surface area contributed by atoms with E-state index in [0.717, 1.165) is 31.7 Å². The molecule has 0 bridgehead atoms. The van der Waals surface area contributed by atoms with Crippen LogP contribution in [0.3, 0.4) is 0 Å². The van der Waals surface area contributed by atoms with Gasteiger partial charge in [-0.2, -0.15) is 0 Å². The third-order valence-corrected chi connectivity index (χ3v) is 8.41. The molecule has 196 valence electrons. The molecule has 0 aliphatic carbocycles. The number of ether oxygens (including phenoxy) is 2. The monoisotopic (exact) mass is 515 g/mol. The normalized spacial score (nSPS) is 17.8. The van der Waals surface area contributed by atoms with Gasteiger partial charge in [0.05, 0.1) is 24.0 Å². The highest BCUT2D eigenvalue weighted by molar-refractivity contribution is 7.89. The molecule has 2 fully saturated rings. The van der Waals surface area contributed by atoms with Crippen LogP contribution in [-0.2, 0) is 19.6 Å². The number of carbonyl (C=O) groups excluding carboxylic acids is 1. The highest BCUT2D eigenvalue weighted by atomic mass is 32.2. The van der Waals surface area contributed by atoms with Crippen molar-refractivity contribution in [2.45, 2.75) is 43.9 Å². The highest BCUT2D eigenvalue weighted by Crippen LogP contribution is 2.28. The van der Waals surface area contributed by atoms with Crippen molar-refractivity contribution in [2.75, 3.05) is 57.4 Å². The van der Waals surface area contributed by atoms with Crippen LogP contribution in [0.15, 0.2) is 47.4 Å². The van der Waals surface area contributed by atoms with Gasteiger partial charge >= 0.3 is 5.97 Å². The van der Waals surface area contributed by atoms with Crippen molar-refractivity contribution in [1.29, 1.82) is 0 Å². The van der Waals surface area contributed by atoms with Crippen LogP contribution in [0.4, 0.5) is 5.69 Å². The van der Waals surface area contributed by atoms with Crippen LogP contribution in [-0.4, -0.2) is 71.8 Å². The average molecular weight is 516 g/mol. The lowest BCUT2D eigenvalue weighted by Gasteiger charge is -2.26. The van der Waals surface area contributed by atoms with Gasteiger partial charge in [-0.25, -0.2) is 13.1 Å². The third-order valence-electron chi connectivity index (χ3n) is 6.95. The Bertz CT molecular complexity index is 1120. The average Bonchev–Trinajstić information content (AvgIpc) is 3.42. The summed E-state index contributed by atoms with van der Waals surface area (Å²) in [6.07, 6.45) is 3.05. The number of rotatable bonds is 10. The number of anilines is 1. The second kappa shape index (κ2) is 12.2. The van der Waals surface area contributed by atoms with Crippen LogP contribution >= 0.6 is 0 Å². The van der Waals surface area contributed by atoms with Gasteiger partial charge in [-0.05, 0) is 67.6 Å². The lowest BCUT2D eigenvalue weighted by molar-refractivity contribution is -0.136. The molecule has 0 radical (unpaired) electrons. The van der Waals surface area contributed by atoms with Gasteiger partial charge in [0.1, 0.15) is 5.75 Å². The SMILES string of the molecule is CCC(C(=O)Oc1ccc(S(=O)(=O)NCCN2CCOCC2)cc1C)c1ccc(N2CCCC2)cc1. The molecular formula is C27H37N3O5S. The van der Waals surface area contributed by atoms with Crippen molar-refractivity contribution in [3.8, 4) is 5.75 Å². The van der Waals surface area contributed by atoms with Crippen molar-refractivity contribution < 1.29 is 22.7 Å². The van der Waals surface area contributed by atoms with E-state index in [1.54, 1.807) is 19.1 Å². The van der Waals surface area contributed by atoms with Crippen molar-refractivity contribution in [2.24, 2.45) is 0 Å². The Labute approximate surface area is 214 Å². The van der Waals surface area contributed by atoms with E-state index in [2.05, 4.69) is 26.7 Å². The minimum Gasteiger partial charge on any atom is -0.426 e. The fourth-order valence-electron chi connectivity index (χ4n) is 4.76. The summed E-state index contributed by atoms with van der Waals surface area (Å²) >= 11 is 0. The molecule has 4 rings (SSSR count). The number of esters is 1. The third kappa shape index (κ3) is 6.64. The van der Waals surface area contributed by atoms with Gasteiger partial charge in [0.2, 0.25) is 10.0 Å². The first-order chi connectivity index (χ1) is 17.4. The zero-order valence-electron chi connectivity index (χ0n) is 21.2. The summed E-state index contributed by atoms with van der Waals surface area (Å²) in [6.45, 7) is 9.79. The number of morpholine rings is 1. The topological polar surface area (TPSA) is 88.2 Å². The number of aryl methyl sites for hydroxylation is 1. The smallest absolute Gasteiger partial charge is 0.318 e. The van der Waals surface area contributed by atoms with E-state index in [9.17, 15) is 13.2 Å². The maximum absolute atomic E-state index is 13.0. The van der Waals surface area contributed by atoms with Gasteiger partial charge in [-0.15, -0.1) is 0 Å². The van der Waals surface area contributed by atoms with Crippen LogP contribution in [0.2, 0.25) is 0 Å². The van der Waals surface area contributed by atoms with Crippen LogP contribution < -0.4 is 14.4 Å². The summed E-state index contributed by atoms with van der Waals surface area (Å²) in [6, 6.07) is 12.8. The first kappa shape index (κ1) is 26.6. The molecule has 0 spiro atoms. The van der Waals surface area contributed by atoms with Gasteiger partial charge in [0.25, 0.3) is 0 Å². The Morgan fingerprint density at radius 2 is 1.75 bits per heavy atom. The lowest BCUT2D eigenvalue weighted by Crippen LogP contribution is -2.41.